The zero-order valence-corrected chi connectivity index (χ0v) is 11.5. The molecule has 0 unspecified atom stereocenters. The van der Waals surface area contributed by atoms with Crippen molar-refractivity contribution in [1.29, 1.82) is 0 Å². The third kappa shape index (κ3) is 6.88. The lowest BCUT2D eigenvalue weighted by Crippen LogP contribution is -2.37. The predicted molar refractivity (Wildman–Crippen MR) is 77.0 cm³/mol. The van der Waals surface area contributed by atoms with Crippen LogP contribution in [0.4, 0.5) is 4.79 Å². The topological polar surface area (TPSA) is 52.6 Å². The molecule has 106 valence electrons. The molecule has 2 N–H and O–H groups in total. The first-order chi connectivity index (χ1) is 9.24. The molecule has 0 aromatic rings. The van der Waals surface area contributed by atoms with E-state index in [-0.39, 0.29) is 0 Å². The number of carboxylic acid groups (broad SMARTS) is 1. The second-order valence-electron chi connectivity index (χ2n) is 4.80. The molecule has 0 spiro atoms. The molecule has 19 heavy (non-hydrogen) atoms. The Balaban J connectivity index is 2.05. The number of hydrogen-bond donors (Lipinski definition) is 2. The van der Waals surface area contributed by atoms with Crippen LogP contribution in [0, 0.1) is 17.8 Å². The van der Waals surface area contributed by atoms with Gasteiger partial charge in [-0.1, -0.05) is 12.0 Å². The van der Waals surface area contributed by atoms with Gasteiger partial charge in [-0.15, -0.1) is 12.5 Å². The maximum Gasteiger partial charge on any atom is 0.407 e. The summed E-state index contributed by atoms with van der Waals surface area (Å²) in [6, 6.07) is 0. The van der Waals surface area contributed by atoms with Crippen LogP contribution >= 0.6 is 0 Å². The van der Waals surface area contributed by atoms with E-state index in [9.17, 15) is 4.79 Å². The fourth-order valence-electron chi connectivity index (χ4n) is 2.06. The van der Waals surface area contributed by atoms with Gasteiger partial charge in [0.2, 0.25) is 0 Å². The molecule has 1 amide bonds. The van der Waals surface area contributed by atoms with Crippen LogP contribution in [-0.2, 0) is 0 Å². The van der Waals surface area contributed by atoms with Gasteiger partial charge >= 0.3 is 6.09 Å². The maximum absolute atomic E-state index is 10.7. The number of carbonyl (C=O) groups is 1. The first-order valence-electron chi connectivity index (χ1n) is 7.02. The number of nitrogens with zero attached hydrogens (tertiary/aromatic N) is 1. The molecule has 1 rings (SSSR count). The molecular formula is C15H24N2O2. The van der Waals surface area contributed by atoms with Crippen LogP contribution in [-0.4, -0.2) is 42.3 Å². The molecule has 0 bridgehead atoms. The molecule has 0 atom stereocenters. The number of hydrogen-bond acceptors (Lipinski definition) is 2. The Labute approximate surface area is 115 Å². The number of likely N-dealkylation sites (tertiary alicyclic amines) is 1. The molecular weight excluding hydrogens is 240 g/mol. The smallest absolute Gasteiger partial charge is 0.407 e. The van der Waals surface area contributed by atoms with Gasteiger partial charge in [0, 0.05) is 25.4 Å². The van der Waals surface area contributed by atoms with E-state index in [0.29, 0.717) is 19.0 Å². The van der Waals surface area contributed by atoms with E-state index in [0.717, 1.165) is 45.2 Å². The number of nitrogens with one attached hydrogen (secondary N) is 1. The molecule has 1 heterocycles. The van der Waals surface area contributed by atoms with E-state index in [2.05, 4.69) is 23.7 Å². The highest BCUT2D eigenvalue weighted by molar-refractivity contribution is 5.65. The maximum atomic E-state index is 10.7. The summed E-state index contributed by atoms with van der Waals surface area (Å²) >= 11 is 0. The van der Waals surface area contributed by atoms with Crippen molar-refractivity contribution in [2.24, 2.45) is 5.92 Å². The first kappa shape index (κ1) is 15.6. The van der Waals surface area contributed by atoms with Crippen molar-refractivity contribution in [1.82, 2.24) is 10.2 Å². The van der Waals surface area contributed by atoms with Gasteiger partial charge in [0.25, 0.3) is 0 Å². The number of amides is 1. The standard InChI is InChI=1S/C15H24N2O2/c1-2-3-10-16-11-6-4-5-7-14-8-12-17(13-9-14)15(18)19/h2,14,16H,1,3-4,6,8-13H2,(H,18,19). The third-order valence-electron chi connectivity index (χ3n) is 3.25. The van der Waals surface area contributed by atoms with Crippen molar-refractivity contribution in [3.05, 3.63) is 12.7 Å². The summed E-state index contributed by atoms with van der Waals surface area (Å²) in [5.74, 6) is 6.86. The summed E-state index contributed by atoms with van der Waals surface area (Å²) in [6.07, 6.45) is 5.84. The van der Waals surface area contributed by atoms with Crippen molar-refractivity contribution in [2.45, 2.75) is 32.1 Å². The Morgan fingerprint density at radius 3 is 2.79 bits per heavy atom. The van der Waals surface area contributed by atoms with Crippen LogP contribution < -0.4 is 5.32 Å². The largest absolute Gasteiger partial charge is 0.465 e. The highest BCUT2D eigenvalue weighted by Crippen LogP contribution is 2.16. The Bertz CT molecular complexity index is 336. The minimum Gasteiger partial charge on any atom is -0.465 e. The fourth-order valence-corrected chi connectivity index (χ4v) is 2.06. The van der Waals surface area contributed by atoms with E-state index in [1.165, 1.54) is 4.90 Å². The van der Waals surface area contributed by atoms with Crippen LogP contribution in [0.25, 0.3) is 0 Å². The second kappa shape index (κ2) is 9.46. The third-order valence-corrected chi connectivity index (χ3v) is 3.25. The highest BCUT2D eigenvalue weighted by atomic mass is 16.4. The number of piperidine rings is 1. The van der Waals surface area contributed by atoms with Gasteiger partial charge in [-0.3, -0.25) is 0 Å². The van der Waals surface area contributed by atoms with Crippen LogP contribution in [0.2, 0.25) is 0 Å². The highest BCUT2D eigenvalue weighted by Gasteiger charge is 2.20. The summed E-state index contributed by atoms with van der Waals surface area (Å²) in [7, 11) is 0. The van der Waals surface area contributed by atoms with Crippen LogP contribution in [0.1, 0.15) is 32.1 Å². The molecule has 1 aliphatic heterocycles. The minimum absolute atomic E-state index is 0.379. The molecule has 0 saturated carbocycles. The predicted octanol–water partition coefficient (Wildman–Crippen LogP) is 2.33. The Hall–Kier alpha value is -1.47. The van der Waals surface area contributed by atoms with E-state index < -0.39 is 6.09 Å². The quantitative estimate of drug-likeness (QED) is 0.440. The van der Waals surface area contributed by atoms with Crippen molar-refractivity contribution >= 4 is 6.09 Å². The normalized spacial score (nSPS) is 15.7. The van der Waals surface area contributed by atoms with E-state index in [1.54, 1.807) is 0 Å². The van der Waals surface area contributed by atoms with Crippen LogP contribution in [0.5, 0.6) is 0 Å². The second-order valence-corrected chi connectivity index (χ2v) is 4.80. The summed E-state index contributed by atoms with van der Waals surface area (Å²) < 4.78 is 0. The van der Waals surface area contributed by atoms with Gasteiger partial charge in [-0.05, 0) is 38.8 Å². The molecule has 0 aromatic heterocycles. The van der Waals surface area contributed by atoms with E-state index in [1.807, 2.05) is 6.08 Å². The van der Waals surface area contributed by atoms with Gasteiger partial charge < -0.3 is 15.3 Å². The van der Waals surface area contributed by atoms with Gasteiger partial charge in [0.05, 0.1) is 0 Å². The lowest BCUT2D eigenvalue weighted by Gasteiger charge is -2.27. The van der Waals surface area contributed by atoms with Gasteiger partial charge in [-0.2, -0.15) is 0 Å². The number of unbranched alkanes of at least 4 members (excludes halogenated alkanes) is 1. The monoisotopic (exact) mass is 264 g/mol. The Morgan fingerprint density at radius 1 is 1.42 bits per heavy atom. The molecule has 1 saturated heterocycles. The molecule has 0 radical (unpaired) electrons. The molecule has 0 aromatic carbocycles. The average molecular weight is 264 g/mol. The van der Waals surface area contributed by atoms with Gasteiger partial charge in [0.1, 0.15) is 0 Å². The van der Waals surface area contributed by atoms with E-state index in [4.69, 9.17) is 5.11 Å². The molecule has 1 fully saturated rings. The summed E-state index contributed by atoms with van der Waals surface area (Å²) in [5.41, 5.74) is 0. The molecule has 0 aliphatic carbocycles. The Kier molecular flexibility index (Phi) is 7.76. The average Bonchev–Trinajstić information content (AvgIpc) is 2.42. The molecule has 4 heteroatoms. The first-order valence-corrected chi connectivity index (χ1v) is 7.02. The Morgan fingerprint density at radius 2 is 2.16 bits per heavy atom. The lowest BCUT2D eigenvalue weighted by molar-refractivity contribution is 0.130. The van der Waals surface area contributed by atoms with Crippen LogP contribution in [0.15, 0.2) is 12.7 Å². The molecule has 1 aliphatic rings. The summed E-state index contributed by atoms with van der Waals surface area (Å²) in [6.45, 7) is 6.91. The van der Waals surface area contributed by atoms with Crippen molar-refractivity contribution in [3.63, 3.8) is 0 Å². The number of rotatable bonds is 6. The van der Waals surface area contributed by atoms with Crippen molar-refractivity contribution in [3.8, 4) is 11.8 Å². The van der Waals surface area contributed by atoms with Gasteiger partial charge in [0.15, 0.2) is 0 Å². The van der Waals surface area contributed by atoms with E-state index >= 15 is 0 Å². The minimum atomic E-state index is -0.808. The van der Waals surface area contributed by atoms with Crippen LogP contribution in [0.3, 0.4) is 0 Å². The van der Waals surface area contributed by atoms with Crippen molar-refractivity contribution < 1.29 is 9.90 Å². The summed E-state index contributed by atoms with van der Waals surface area (Å²) in [4.78, 5) is 12.2. The van der Waals surface area contributed by atoms with Crippen molar-refractivity contribution in [2.75, 3.05) is 26.2 Å². The zero-order chi connectivity index (χ0) is 13.9. The fraction of sp³-hybridized carbons (Fsp3) is 0.667. The summed E-state index contributed by atoms with van der Waals surface area (Å²) in [5, 5.41) is 12.2. The molecule has 4 nitrogen and oxygen atoms in total. The SMILES string of the molecule is C=CCCNCCCC#CC1CCN(C(=O)O)CC1. The zero-order valence-electron chi connectivity index (χ0n) is 11.5. The lowest BCUT2D eigenvalue weighted by atomic mass is 9.97. The van der Waals surface area contributed by atoms with Gasteiger partial charge in [-0.25, -0.2) is 4.79 Å².